The van der Waals surface area contributed by atoms with Gasteiger partial charge in [0, 0.05) is 12.8 Å². The first-order chi connectivity index (χ1) is 5.70. The Morgan fingerprint density at radius 3 is 2.50 bits per heavy atom. The van der Waals surface area contributed by atoms with Crippen LogP contribution < -0.4 is 0 Å². The Labute approximate surface area is 74.2 Å². The van der Waals surface area contributed by atoms with Crippen molar-refractivity contribution in [2.24, 2.45) is 5.92 Å². The van der Waals surface area contributed by atoms with Crippen molar-refractivity contribution in [2.75, 3.05) is 13.2 Å². The van der Waals surface area contributed by atoms with Crippen LogP contribution in [0.15, 0.2) is 0 Å². The molecule has 0 aromatic carbocycles. The van der Waals surface area contributed by atoms with E-state index < -0.39 is 5.79 Å². The molecule has 0 aromatic heterocycles. The average Bonchev–Trinajstić information content (AvgIpc) is 2.10. The third kappa shape index (κ3) is 2.23. The van der Waals surface area contributed by atoms with E-state index in [1.807, 2.05) is 0 Å². The molecule has 0 saturated carbocycles. The van der Waals surface area contributed by atoms with Gasteiger partial charge in [0.05, 0.1) is 13.2 Å². The van der Waals surface area contributed by atoms with Crippen LogP contribution in [0.2, 0.25) is 0 Å². The highest BCUT2D eigenvalue weighted by molar-refractivity contribution is 5.00. The highest BCUT2D eigenvalue weighted by atomic mass is 16.7. The largest absolute Gasteiger partial charge is 0.340 e. The van der Waals surface area contributed by atoms with E-state index >= 15 is 0 Å². The lowest BCUT2D eigenvalue weighted by Gasteiger charge is -2.33. The van der Waals surface area contributed by atoms with E-state index in [-0.39, 0.29) is 0 Å². The monoisotopic (exact) mass is 168 g/mol. The van der Waals surface area contributed by atoms with Crippen LogP contribution in [-0.2, 0) is 9.47 Å². The van der Waals surface area contributed by atoms with Crippen molar-refractivity contribution in [2.45, 2.75) is 32.5 Å². The Hall–Kier alpha value is -0.520. The van der Waals surface area contributed by atoms with Gasteiger partial charge in [0.15, 0.2) is 0 Å². The molecule has 0 N–H and O–H groups in total. The summed E-state index contributed by atoms with van der Waals surface area (Å²) in [5, 5.41) is 0. The molecule has 0 aliphatic carbocycles. The third-order valence-corrected chi connectivity index (χ3v) is 2.15. The first kappa shape index (κ1) is 9.57. The van der Waals surface area contributed by atoms with Gasteiger partial charge in [-0.05, 0) is 12.3 Å². The quantitative estimate of drug-likeness (QED) is 0.585. The van der Waals surface area contributed by atoms with Gasteiger partial charge in [0.25, 0.3) is 0 Å². The molecule has 1 saturated heterocycles. The molecule has 1 aliphatic heterocycles. The van der Waals surface area contributed by atoms with Gasteiger partial charge in [-0.3, -0.25) is 0 Å². The topological polar surface area (TPSA) is 18.5 Å². The summed E-state index contributed by atoms with van der Waals surface area (Å²) in [6, 6.07) is 0. The van der Waals surface area contributed by atoms with Crippen LogP contribution in [0, 0.1) is 18.3 Å². The Bertz CT molecular complexity index is 173. The summed E-state index contributed by atoms with van der Waals surface area (Å²) < 4.78 is 10.8. The smallest absolute Gasteiger partial charge is 0.230 e. The second kappa shape index (κ2) is 3.93. The van der Waals surface area contributed by atoms with Gasteiger partial charge < -0.3 is 9.47 Å². The number of rotatable bonds is 2. The molecule has 0 aromatic rings. The first-order valence-electron chi connectivity index (χ1n) is 4.46. The van der Waals surface area contributed by atoms with Crippen molar-refractivity contribution in [3.05, 3.63) is 0 Å². The fraction of sp³-hybridized carbons (Fsp3) is 0.800. The fourth-order valence-electron chi connectivity index (χ4n) is 1.30. The van der Waals surface area contributed by atoms with E-state index in [1.54, 1.807) is 6.92 Å². The summed E-state index contributed by atoms with van der Waals surface area (Å²) in [6.07, 6.45) is 7.58. The molecule has 1 rings (SSSR count). The van der Waals surface area contributed by atoms with Gasteiger partial charge in [0.2, 0.25) is 5.79 Å². The summed E-state index contributed by atoms with van der Waals surface area (Å²) in [5.41, 5.74) is 0. The summed E-state index contributed by atoms with van der Waals surface area (Å²) in [7, 11) is 0. The molecule has 1 aliphatic rings. The first-order valence-corrected chi connectivity index (χ1v) is 4.46. The molecule has 12 heavy (non-hydrogen) atoms. The molecule has 2 nitrogen and oxygen atoms in total. The molecule has 0 spiro atoms. The van der Waals surface area contributed by atoms with Gasteiger partial charge in [0.1, 0.15) is 0 Å². The maximum Gasteiger partial charge on any atom is 0.230 e. The molecule has 68 valence electrons. The lowest BCUT2D eigenvalue weighted by molar-refractivity contribution is -0.238. The van der Waals surface area contributed by atoms with Crippen molar-refractivity contribution in [3.8, 4) is 12.3 Å². The second-order valence-electron chi connectivity index (χ2n) is 3.37. The molecular formula is C10H16O2. The van der Waals surface area contributed by atoms with Crippen LogP contribution in [0.5, 0.6) is 0 Å². The molecule has 0 unspecified atom stereocenters. The molecule has 0 atom stereocenters. The van der Waals surface area contributed by atoms with Gasteiger partial charge in [-0.15, -0.1) is 6.42 Å². The van der Waals surface area contributed by atoms with E-state index in [2.05, 4.69) is 12.8 Å². The summed E-state index contributed by atoms with van der Waals surface area (Å²) in [4.78, 5) is 0. The zero-order chi connectivity index (χ0) is 9.03. The van der Waals surface area contributed by atoms with E-state index in [0.717, 1.165) is 19.6 Å². The Morgan fingerprint density at radius 2 is 2.08 bits per heavy atom. The minimum absolute atomic E-state index is 0.524. The SMILES string of the molecule is C#CC1(C)OCC(CCC)CO1. The Kier molecular flexibility index (Phi) is 3.13. The van der Waals surface area contributed by atoms with Crippen LogP contribution in [0.1, 0.15) is 26.7 Å². The van der Waals surface area contributed by atoms with Crippen molar-refractivity contribution in [1.29, 1.82) is 0 Å². The molecule has 0 bridgehead atoms. The zero-order valence-electron chi connectivity index (χ0n) is 7.80. The average molecular weight is 168 g/mol. The van der Waals surface area contributed by atoms with Crippen LogP contribution in [0.4, 0.5) is 0 Å². The van der Waals surface area contributed by atoms with Crippen molar-refractivity contribution < 1.29 is 9.47 Å². The highest BCUT2D eigenvalue weighted by Gasteiger charge is 2.30. The molecule has 2 heteroatoms. The Morgan fingerprint density at radius 1 is 1.50 bits per heavy atom. The van der Waals surface area contributed by atoms with E-state index in [1.165, 1.54) is 6.42 Å². The minimum Gasteiger partial charge on any atom is -0.340 e. The standard InChI is InChI=1S/C10H16O2/c1-4-6-9-7-11-10(3,5-2)12-8-9/h2,9H,4,6-8H2,1,3H3. The maximum atomic E-state index is 5.42. The summed E-state index contributed by atoms with van der Waals surface area (Å²) in [5.74, 6) is 2.25. The molecule has 0 amide bonds. The van der Waals surface area contributed by atoms with Gasteiger partial charge in [-0.1, -0.05) is 13.3 Å². The van der Waals surface area contributed by atoms with Crippen LogP contribution in [0.25, 0.3) is 0 Å². The number of hydrogen-bond acceptors (Lipinski definition) is 2. The van der Waals surface area contributed by atoms with Crippen molar-refractivity contribution >= 4 is 0 Å². The fourth-order valence-corrected chi connectivity index (χ4v) is 1.30. The Balaban J connectivity index is 2.35. The lowest BCUT2D eigenvalue weighted by atomic mass is 10.0. The number of hydrogen-bond donors (Lipinski definition) is 0. The lowest BCUT2D eigenvalue weighted by Crippen LogP contribution is -2.40. The molecular weight excluding hydrogens is 152 g/mol. The van der Waals surface area contributed by atoms with Crippen LogP contribution in [-0.4, -0.2) is 19.0 Å². The molecule has 1 fully saturated rings. The minimum atomic E-state index is -0.774. The molecule has 0 radical (unpaired) electrons. The molecule has 1 heterocycles. The predicted octanol–water partition coefficient (Wildman–Crippen LogP) is 1.80. The third-order valence-electron chi connectivity index (χ3n) is 2.15. The highest BCUT2D eigenvalue weighted by Crippen LogP contribution is 2.22. The van der Waals surface area contributed by atoms with Gasteiger partial charge in [-0.25, -0.2) is 0 Å². The zero-order valence-corrected chi connectivity index (χ0v) is 7.80. The number of ether oxygens (including phenoxy) is 2. The number of terminal acetylenes is 1. The second-order valence-corrected chi connectivity index (χ2v) is 3.37. The van der Waals surface area contributed by atoms with Crippen molar-refractivity contribution in [3.63, 3.8) is 0 Å². The van der Waals surface area contributed by atoms with Gasteiger partial charge in [-0.2, -0.15) is 0 Å². The van der Waals surface area contributed by atoms with E-state index in [4.69, 9.17) is 15.9 Å². The summed E-state index contributed by atoms with van der Waals surface area (Å²) in [6.45, 7) is 5.41. The van der Waals surface area contributed by atoms with Crippen LogP contribution >= 0.6 is 0 Å². The summed E-state index contributed by atoms with van der Waals surface area (Å²) >= 11 is 0. The van der Waals surface area contributed by atoms with Crippen LogP contribution in [0.3, 0.4) is 0 Å². The van der Waals surface area contributed by atoms with Gasteiger partial charge >= 0.3 is 0 Å². The van der Waals surface area contributed by atoms with Crippen molar-refractivity contribution in [1.82, 2.24) is 0 Å². The predicted molar refractivity (Wildman–Crippen MR) is 47.5 cm³/mol. The normalized spacial score (nSPS) is 35.9. The van der Waals surface area contributed by atoms with E-state index in [9.17, 15) is 0 Å². The van der Waals surface area contributed by atoms with E-state index in [0.29, 0.717) is 5.92 Å². The maximum absolute atomic E-state index is 5.42.